The molecule has 0 bridgehead atoms. The molecule has 12 heavy (non-hydrogen) atoms. The maximum absolute atomic E-state index is 3.54. The van der Waals surface area contributed by atoms with Gasteiger partial charge in [0.15, 0.2) is 0 Å². The van der Waals surface area contributed by atoms with Crippen LogP contribution < -0.4 is 10.6 Å². The van der Waals surface area contributed by atoms with Gasteiger partial charge in [0.25, 0.3) is 0 Å². The Bertz CT molecular complexity index is 119. The second-order valence-electron chi connectivity index (χ2n) is 4.19. The van der Waals surface area contributed by atoms with E-state index in [2.05, 4.69) is 31.4 Å². The van der Waals surface area contributed by atoms with Gasteiger partial charge in [0.1, 0.15) is 0 Å². The van der Waals surface area contributed by atoms with Crippen molar-refractivity contribution in [2.75, 3.05) is 13.1 Å². The van der Waals surface area contributed by atoms with E-state index < -0.39 is 0 Å². The Morgan fingerprint density at radius 3 is 2.17 bits per heavy atom. The molecule has 0 radical (unpaired) electrons. The molecule has 0 spiro atoms. The molecule has 1 fully saturated rings. The number of rotatable bonds is 6. The fourth-order valence-corrected chi connectivity index (χ4v) is 1.42. The lowest BCUT2D eigenvalue weighted by Crippen LogP contribution is -2.36. The lowest BCUT2D eigenvalue weighted by molar-refractivity contribution is 0.474. The molecule has 2 N–H and O–H groups in total. The lowest BCUT2D eigenvalue weighted by atomic mass is 10.2. The maximum atomic E-state index is 3.54. The minimum atomic E-state index is 0.614. The average molecular weight is 170 g/mol. The third kappa shape index (κ3) is 4.07. The Balaban J connectivity index is 1.87. The molecule has 2 nitrogen and oxygen atoms in total. The smallest absolute Gasteiger partial charge is 0.00794 e. The van der Waals surface area contributed by atoms with Crippen LogP contribution in [0.1, 0.15) is 33.6 Å². The van der Waals surface area contributed by atoms with Crippen molar-refractivity contribution in [1.82, 2.24) is 10.6 Å². The quantitative estimate of drug-likeness (QED) is 0.588. The van der Waals surface area contributed by atoms with Crippen molar-refractivity contribution >= 4 is 0 Å². The van der Waals surface area contributed by atoms with E-state index in [-0.39, 0.29) is 0 Å². The van der Waals surface area contributed by atoms with Crippen molar-refractivity contribution in [3.05, 3.63) is 0 Å². The number of nitrogens with one attached hydrogen (secondary N) is 2. The van der Waals surface area contributed by atoms with E-state index in [1.807, 2.05) is 0 Å². The summed E-state index contributed by atoms with van der Waals surface area (Å²) in [5.74, 6) is 0.976. The second-order valence-corrected chi connectivity index (χ2v) is 4.19. The summed E-state index contributed by atoms with van der Waals surface area (Å²) in [5, 5.41) is 6.94. The highest BCUT2D eigenvalue weighted by Gasteiger charge is 2.26. The van der Waals surface area contributed by atoms with Gasteiger partial charge < -0.3 is 10.6 Å². The predicted molar refractivity (Wildman–Crippen MR) is 53.3 cm³/mol. The van der Waals surface area contributed by atoms with Crippen LogP contribution in [0.25, 0.3) is 0 Å². The molecule has 0 aromatic heterocycles. The Morgan fingerprint density at radius 2 is 1.67 bits per heavy atom. The molecule has 1 atom stereocenters. The Labute approximate surface area is 76.1 Å². The molecule has 1 aliphatic rings. The van der Waals surface area contributed by atoms with Crippen molar-refractivity contribution in [3.8, 4) is 0 Å². The van der Waals surface area contributed by atoms with E-state index >= 15 is 0 Å². The largest absolute Gasteiger partial charge is 0.313 e. The molecular weight excluding hydrogens is 148 g/mol. The van der Waals surface area contributed by atoms with E-state index in [0.717, 1.165) is 25.0 Å². The predicted octanol–water partition coefficient (Wildman–Crippen LogP) is 1.37. The minimum Gasteiger partial charge on any atom is -0.313 e. The minimum absolute atomic E-state index is 0.614. The summed E-state index contributed by atoms with van der Waals surface area (Å²) in [6.07, 6.45) is 2.87. The first-order valence-corrected chi connectivity index (χ1v) is 5.17. The van der Waals surface area contributed by atoms with Gasteiger partial charge in [-0.1, -0.05) is 13.8 Å². The molecule has 0 saturated heterocycles. The summed E-state index contributed by atoms with van der Waals surface area (Å²) < 4.78 is 0. The van der Waals surface area contributed by atoms with Crippen LogP contribution in [0, 0.1) is 5.92 Å². The summed E-state index contributed by atoms with van der Waals surface area (Å²) in [4.78, 5) is 0. The van der Waals surface area contributed by atoms with Crippen molar-refractivity contribution in [1.29, 1.82) is 0 Å². The van der Waals surface area contributed by atoms with Gasteiger partial charge in [0.2, 0.25) is 0 Å². The first-order valence-electron chi connectivity index (χ1n) is 5.17. The molecule has 0 aromatic carbocycles. The third-order valence-electron chi connectivity index (χ3n) is 2.47. The molecule has 0 amide bonds. The number of hydrogen-bond acceptors (Lipinski definition) is 2. The maximum Gasteiger partial charge on any atom is 0.00794 e. The molecule has 0 heterocycles. The summed E-state index contributed by atoms with van der Waals surface area (Å²) >= 11 is 0. The van der Waals surface area contributed by atoms with Gasteiger partial charge in [0, 0.05) is 25.2 Å². The Morgan fingerprint density at radius 1 is 1.08 bits per heavy atom. The standard InChI is InChI=1S/C10H22N2/c1-8(2)11-6-7-12-9(3)10-4-5-10/h8-12H,4-7H2,1-3H3. The van der Waals surface area contributed by atoms with Crippen LogP contribution in [0.2, 0.25) is 0 Å². The van der Waals surface area contributed by atoms with Gasteiger partial charge in [-0.25, -0.2) is 0 Å². The summed E-state index contributed by atoms with van der Waals surface area (Å²) in [6.45, 7) is 8.87. The summed E-state index contributed by atoms with van der Waals surface area (Å²) in [7, 11) is 0. The monoisotopic (exact) mass is 170 g/mol. The van der Waals surface area contributed by atoms with Crippen LogP contribution in [0.4, 0.5) is 0 Å². The zero-order valence-electron chi connectivity index (χ0n) is 8.56. The normalized spacial score (nSPS) is 20.0. The van der Waals surface area contributed by atoms with Gasteiger partial charge in [-0.15, -0.1) is 0 Å². The Kier molecular flexibility index (Phi) is 4.02. The van der Waals surface area contributed by atoms with Gasteiger partial charge >= 0.3 is 0 Å². The summed E-state index contributed by atoms with van der Waals surface area (Å²) in [6, 6.07) is 1.35. The van der Waals surface area contributed by atoms with Crippen LogP contribution in [-0.2, 0) is 0 Å². The van der Waals surface area contributed by atoms with E-state index in [9.17, 15) is 0 Å². The fourth-order valence-electron chi connectivity index (χ4n) is 1.42. The topological polar surface area (TPSA) is 24.1 Å². The highest BCUT2D eigenvalue weighted by molar-refractivity contribution is 4.83. The van der Waals surface area contributed by atoms with Crippen LogP contribution in [0.15, 0.2) is 0 Å². The van der Waals surface area contributed by atoms with E-state index in [4.69, 9.17) is 0 Å². The molecular formula is C10H22N2. The van der Waals surface area contributed by atoms with E-state index in [1.165, 1.54) is 12.8 Å². The Hall–Kier alpha value is -0.0800. The first-order chi connectivity index (χ1) is 5.70. The number of hydrogen-bond donors (Lipinski definition) is 2. The van der Waals surface area contributed by atoms with Gasteiger partial charge in [-0.3, -0.25) is 0 Å². The first kappa shape index (κ1) is 10.0. The van der Waals surface area contributed by atoms with E-state index in [1.54, 1.807) is 0 Å². The molecule has 1 saturated carbocycles. The average Bonchev–Trinajstić information content (AvgIpc) is 2.79. The zero-order chi connectivity index (χ0) is 8.97. The highest BCUT2D eigenvalue weighted by atomic mass is 15.0. The van der Waals surface area contributed by atoms with Gasteiger partial charge in [-0.05, 0) is 25.7 Å². The van der Waals surface area contributed by atoms with Crippen LogP contribution >= 0.6 is 0 Å². The molecule has 0 aromatic rings. The molecule has 1 unspecified atom stereocenters. The lowest BCUT2D eigenvalue weighted by Gasteiger charge is -2.13. The molecule has 72 valence electrons. The summed E-state index contributed by atoms with van der Waals surface area (Å²) in [5.41, 5.74) is 0. The highest BCUT2D eigenvalue weighted by Crippen LogP contribution is 2.32. The van der Waals surface area contributed by atoms with Gasteiger partial charge in [-0.2, -0.15) is 0 Å². The van der Waals surface area contributed by atoms with Crippen LogP contribution in [0.3, 0.4) is 0 Å². The van der Waals surface area contributed by atoms with Crippen molar-refractivity contribution < 1.29 is 0 Å². The molecule has 0 aliphatic heterocycles. The van der Waals surface area contributed by atoms with Crippen molar-refractivity contribution in [2.24, 2.45) is 5.92 Å². The molecule has 1 aliphatic carbocycles. The van der Waals surface area contributed by atoms with E-state index in [0.29, 0.717) is 6.04 Å². The second kappa shape index (κ2) is 4.83. The van der Waals surface area contributed by atoms with Gasteiger partial charge in [0.05, 0.1) is 0 Å². The zero-order valence-corrected chi connectivity index (χ0v) is 8.56. The van der Waals surface area contributed by atoms with Crippen molar-refractivity contribution in [3.63, 3.8) is 0 Å². The molecule has 1 rings (SSSR count). The third-order valence-corrected chi connectivity index (χ3v) is 2.47. The van der Waals surface area contributed by atoms with Crippen molar-refractivity contribution in [2.45, 2.75) is 45.7 Å². The van der Waals surface area contributed by atoms with Crippen LogP contribution in [-0.4, -0.2) is 25.2 Å². The fraction of sp³-hybridized carbons (Fsp3) is 1.00. The molecule has 2 heteroatoms. The van der Waals surface area contributed by atoms with Crippen LogP contribution in [0.5, 0.6) is 0 Å². The SMILES string of the molecule is CC(C)NCCNC(C)C1CC1.